The van der Waals surface area contributed by atoms with Gasteiger partial charge in [-0.2, -0.15) is 0 Å². The van der Waals surface area contributed by atoms with Crippen molar-refractivity contribution in [1.82, 2.24) is 5.32 Å². The number of ether oxygens (including phenoxy) is 1. The molecule has 0 bridgehead atoms. The Bertz CT molecular complexity index is 555. The first-order chi connectivity index (χ1) is 9.02. The van der Waals surface area contributed by atoms with Gasteiger partial charge in [-0.15, -0.1) is 0 Å². The maximum Gasteiger partial charge on any atom is 0.412 e. The third kappa shape index (κ3) is 1.95. The van der Waals surface area contributed by atoms with E-state index in [1.165, 1.54) is 12.1 Å². The number of hydrogen-bond donors (Lipinski definition) is 2. The quantitative estimate of drug-likeness (QED) is 0.771. The SMILES string of the molecule is O=C1Nc2ccc(Cl)c(F)c2[C@]2(CNC[C@H](F)C2)O1. The number of benzene rings is 1. The van der Waals surface area contributed by atoms with Gasteiger partial charge in [0.15, 0.2) is 11.4 Å². The van der Waals surface area contributed by atoms with E-state index in [4.69, 9.17) is 16.3 Å². The number of halogens is 3. The molecule has 1 saturated heterocycles. The van der Waals surface area contributed by atoms with E-state index in [1.807, 2.05) is 0 Å². The summed E-state index contributed by atoms with van der Waals surface area (Å²) >= 11 is 5.76. The smallest absolute Gasteiger partial charge is 0.412 e. The number of rotatable bonds is 0. The lowest BCUT2D eigenvalue weighted by Crippen LogP contribution is -2.54. The number of piperidine rings is 1. The van der Waals surface area contributed by atoms with Crippen LogP contribution in [0.4, 0.5) is 19.3 Å². The Balaban J connectivity index is 2.17. The van der Waals surface area contributed by atoms with Crippen LogP contribution in [0, 0.1) is 5.82 Å². The molecular weight excluding hydrogens is 278 g/mol. The van der Waals surface area contributed by atoms with E-state index >= 15 is 0 Å². The fraction of sp³-hybridized carbons (Fsp3) is 0.417. The number of alkyl halides is 1. The summed E-state index contributed by atoms with van der Waals surface area (Å²) in [5.74, 6) is -0.685. The van der Waals surface area contributed by atoms with Crippen LogP contribution in [0.25, 0.3) is 0 Å². The van der Waals surface area contributed by atoms with Gasteiger partial charge in [0.25, 0.3) is 0 Å². The number of amides is 1. The zero-order chi connectivity index (χ0) is 13.6. The molecular formula is C12H11ClF2N2O2. The van der Waals surface area contributed by atoms with Crippen LogP contribution >= 0.6 is 11.6 Å². The van der Waals surface area contributed by atoms with E-state index in [0.29, 0.717) is 0 Å². The number of carbonyl (C=O) groups is 1. The number of hydrogen-bond acceptors (Lipinski definition) is 3. The molecule has 0 saturated carbocycles. The Labute approximate surface area is 113 Å². The number of anilines is 1. The minimum Gasteiger partial charge on any atom is -0.436 e. The van der Waals surface area contributed by atoms with Gasteiger partial charge < -0.3 is 10.1 Å². The molecule has 1 aromatic carbocycles. The van der Waals surface area contributed by atoms with Crippen molar-refractivity contribution in [1.29, 1.82) is 0 Å². The van der Waals surface area contributed by atoms with E-state index in [-0.39, 0.29) is 35.8 Å². The van der Waals surface area contributed by atoms with E-state index < -0.39 is 23.7 Å². The molecule has 19 heavy (non-hydrogen) atoms. The van der Waals surface area contributed by atoms with Crippen LogP contribution in [0.15, 0.2) is 12.1 Å². The molecule has 0 aliphatic carbocycles. The van der Waals surface area contributed by atoms with Crippen molar-refractivity contribution in [2.45, 2.75) is 18.2 Å². The fourth-order valence-corrected chi connectivity index (χ4v) is 2.82. The van der Waals surface area contributed by atoms with E-state index in [0.717, 1.165) is 0 Å². The predicted octanol–water partition coefficient (Wildman–Crippen LogP) is 2.57. The molecule has 0 radical (unpaired) electrons. The topological polar surface area (TPSA) is 50.4 Å². The van der Waals surface area contributed by atoms with Crippen molar-refractivity contribution in [3.63, 3.8) is 0 Å². The maximum absolute atomic E-state index is 14.3. The van der Waals surface area contributed by atoms with Gasteiger partial charge in [0.1, 0.15) is 6.17 Å². The Morgan fingerprint density at radius 1 is 1.47 bits per heavy atom. The second kappa shape index (κ2) is 4.31. The monoisotopic (exact) mass is 288 g/mol. The van der Waals surface area contributed by atoms with Crippen LogP contribution < -0.4 is 10.6 Å². The van der Waals surface area contributed by atoms with Crippen LogP contribution in [0.1, 0.15) is 12.0 Å². The third-order valence-corrected chi connectivity index (χ3v) is 3.69. The average Bonchev–Trinajstić information content (AvgIpc) is 2.33. The average molecular weight is 289 g/mol. The molecule has 2 atom stereocenters. The molecule has 3 rings (SSSR count). The largest absolute Gasteiger partial charge is 0.436 e. The van der Waals surface area contributed by atoms with Crippen molar-refractivity contribution in [3.05, 3.63) is 28.5 Å². The summed E-state index contributed by atoms with van der Waals surface area (Å²) in [6, 6.07) is 2.84. The summed E-state index contributed by atoms with van der Waals surface area (Å²) in [5, 5.41) is 5.13. The van der Waals surface area contributed by atoms with E-state index in [1.54, 1.807) is 0 Å². The minimum atomic E-state index is -1.34. The summed E-state index contributed by atoms with van der Waals surface area (Å²) in [6.45, 7) is 0.315. The standard InChI is InChI=1S/C12H11ClF2N2O2/c13-7-1-2-8-9(10(7)15)12(19-11(18)17-8)3-6(14)4-16-5-12/h1-2,6,16H,3-5H2,(H,17,18)/t6-,12+/m1/s1. The minimum absolute atomic E-state index is 0.0844. The van der Waals surface area contributed by atoms with Gasteiger partial charge >= 0.3 is 6.09 Å². The van der Waals surface area contributed by atoms with Crippen molar-refractivity contribution in [2.24, 2.45) is 0 Å². The van der Waals surface area contributed by atoms with Gasteiger partial charge in [-0.1, -0.05) is 11.6 Å². The van der Waals surface area contributed by atoms with Gasteiger partial charge in [-0.25, -0.2) is 13.6 Å². The highest BCUT2D eigenvalue weighted by molar-refractivity contribution is 6.31. The molecule has 0 aromatic heterocycles. The summed E-state index contributed by atoms with van der Waals surface area (Å²) in [5.41, 5.74) is -0.965. The maximum atomic E-state index is 14.3. The van der Waals surface area contributed by atoms with Crippen LogP contribution in [0.5, 0.6) is 0 Å². The molecule has 2 N–H and O–H groups in total. The Kier molecular flexibility index (Phi) is 2.87. The molecule has 1 spiro atoms. The first-order valence-corrected chi connectivity index (χ1v) is 6.23. The number of fused-ring (bicyclic) bond motifs is 2. The van der Waals surface area contributed by atoms with Crippen LogP contribution in [0.2, 0.25) is 5.02 Å². The zero-order valence-corrected chi connectivity index (χ0v) is 10.6. The zero-order valence-electron chi connectivity index (χ0n) is 9.80. The lowest BCUT2D eigenvalue weighted by molar-refractivity contribution is -0.0310. The van der Waals surface area contributed by atoms with Crippen LogP contribution in [-0.2, 0) is 10.3 Å². The Morgan fingerprint density at radius 3 is 3.00 bits per heavy atom. The first kappa shape index (κ1) is 12.6. The predicted molar refractivity (Wildman–Crippen MR) is 65.6 cm³/mol. The van der Waals surface area contributed by atoms with Gasteiger partial charge in [0.2, 0.25) is 0 Å². The molecule has 2 aliphatic heterocycles. The molecule has 4 nitrogen and oxygen atoms in total. The highest BCUT2D eigenvalue weighted by Gasteiger charge is 2.48. The highest BCUT2D eigenvalue weighted by Crippen LogP contribution is 2.44. The summed E-state index contributed by atoms with van der Waals surface area (Å²) < 4.78 is 33.1. The second-order valence-electron chi connectivity index (χ2n) is 4.73. The van der Waals surface area contributed by atoms with Gasteiger partial charge in [0.05, 0.1) is 16.3 Å². The van der Waals surface area contributed by atoms with E-state index in [9.17, 15) is 13.6 Å². The Morgan fingerprint density at radius 2 is 2.26 bits per heavy atom. The number of nitrogens with one attached hydrogen (secondary N) is 2. The van der Waals surface area contributed by atoms with Crippen molar-refractivity contribution in [2.75, 3.05) is 18.4 Å². The highest BCUT2D eigenvalue weighted by atomic mass is 35.5. The first-order valence-electron chi connectivity index (χ1n) is 5.85. The molecule has 102 valence electrons. The van der Waals surface area contributed by atoms with Crippen molar-refractivity contribution in [3.8, 4) is 0 Å². The second-order valence-corrected chi connectivity index (χ2v) is 5.13. The fourth-order valence-electron chi connectivity index (χ4n) is 2.67. The molecule has 0 unspecified atom stereocenters. The lowest BCUT2D eigenvalue weighted by atomic mass is 9.83. The molecule has 2 heterocycles. The molecule has 7 heteroatoms. The van der Waals surface area contributed by atoms with E-state index in [2.05, 4.69) is 10.6 Å². The van der Waals surface area contributed by atoms with Crippen molar-refractivity contribution < 1.29 is 18.3 Å². The van der Waals surface area contributed by atoms with Crippen LogP contribution in [-0.4, -0.2) is 25.4 Å². The summed E-state index contributed by atoms with van der Waals surface area (Å²) in [7, 11) is 0. The summed E-state index contributed by atoms with van der Waals surface area (Å²) in [6.07, 6.45) is -2.02. The third-order valence-electron chi connectivity index (χ3n) is 3.40. The Hall–Kier alpha value is -1.40. The normalized spacial score (nSPS) is 29.6. The molecule has 1 fully saturated rings. The summed E-state index contributed by atoms with van der Waals surface area (Å²) in [4.78, 5) is 11.6. The molecule has 2 aliphatic rings. The van der Waals surface area contributed by atoms with Gasteiger partial charge in [-0.05, 0) is 12.1 Å². The van der Waals surface area contributed by atoms with Crippen molar-refractivity contribution >= 4 is 23.4 Å². The van der Waals surface area contributed by atoms with Crippen LogP contribution in [0.3, 0.4) is 0 Å². The molecule has 1 aromatic rings. The molecule has 1 amide bonds. The van der Waals surface area contributed by atoms with Gasteiger partial charge in [-0.3, -0.25) is 5.32 Å². The number of carbonyl (C=O) groups excluding carboxylic acids is 1. The van der Waals surface area contributed by atoms with Gasteiger partial charge in [0, 0.05) is 19.5 Å². The lowest BCUT2D eigenvalue weighted by Gasteiger charge is -2.42.